The van der Waals surface area contributed by atoms with Crippen LogP contribution in [0, 0.1) is 6.92 Å². The van der Waals surface area contributed by atoms with Crippen molar-refractivity contribution in [2.24, 2.45) is 0 Å². The Labute approximate surface area is 168 Å². The summed E-state index contributed by atoms with van der Waals surface area (Å²) in [6, 6.07) is 13.7. The number of carbonyl (C=O) groups is 1. The monoisotopic (exact) mass is 397 g/mol. The molecule has 0 saturated carbocycles. The molecule has 2 aromatic carbocycles. The van der Waals surface area contributed by atoms with Crippen molar-refractivity contribution in [1.82, 2.24) is 5.16 Å². The highest BCUT2D eigenvalue weighted by atomic mass is 16.5. The van der Waals surface area contributed by atoms with Crippen LogP contribution in [0.1, 0.15) is 12.6 Å². The second-order valence-electron chi connectivity index (χ2n) is 6.33. The van der Waals surface area contributed by atoms with Gasteiger partial charge in [-0.2, -0.15) is 0 Å². The van der Waals surface area contributed by atoms with E-state index in [4.69, 9.17) is 18.7 Å². The summed E-state index contributed by atoms with van der Waals surface area (Å²) in [5.74, 6) is 2.50. The first-order valence-corrected chi connectivity index (χ1v) is 8.99. The smallest absolute Gasteiger partial charge is 0.248 e. The Kier molecular flexibility index (Phi) is 6.23. The maximum absolute atomic E-state index is 12.4. The van der Waals surface area contributed by atoms with Gasteiger partial charge in [0.15, 0.2) is 11.5 Å². The van der Waals surface area contributed by atoms with Crippen molar-refractivity contribution in [3.63, 3.8) is 0 Å². The largest absolute Gasteiger partial charge is 0.497 e. The van der Waals surface area contributed by atoms with E-state index < -0.39 is 6.04 Å². The first-order chi connectivity index (χ1) is 14.0. The van der Waals surface area contributed by atoms with Gasteiger partial charge >= 0.3 is 0 Å². The molecule has 0 radical (unpaired) electrons. The van der Waals surface area contributed by atoms with Crippen molar-refractivity contribution in [3.05, 3.63) is 54.2 Å². The maximum Gasteiger partial charge on any atom is 0.248 e. The molecular formula is C21H23N3O5. The van der Waals surface area contributed by atoms with Gasteiger partial charge in [-0.25, -0.2) is 0 Å². The fraction of sp³-hybridized carbons (Fsp3) is 0.238. The first-order valence-electron chi connectivity index (χ1n) is 8.99. The minimum atomic E-state index is -0.525. The van der Waals surface area contributed by atoms with Crippen LogP contribution in [-0.4, -0.2) is 31.3 Å². The van der Waals surface area contributed by atoms with E-state index in [1.807, 2.05) is 18.2 Å². The molecule has 1 heterocycles. The van der Waals surface area contributed by atoms with Gasteiger partial charge in [0.1, 0.15) is 17.5 Å². The van der Waals surface area contributed by atoms with Crippen LogP contribution in [0.15, 0.2) is 53.1 Å². The molecule has 0 aliphatic carbocycles. The van der Waals surface area contributed by atoms with E-state index in [2.05, 4.69) is 15.8 Å². The summed E-state index contributed by atoms with van der Waals surface area (Å²) in [4.78, 5) is 12.4. The summed E-state index contributed by atoms with van der Waals surface area (Å²) in [5, 5.41) is 9.55. The molecule has 3 aromatic rings. The molecule has 8 heteroatoms. The quantitative estimate of drug-likeness (QED) is 0.587. The lowest BCUT2D eigenvalue weighted by atomic mass is 10.2. The van der Waals surface area contributed by atoms with Crippen LogP contribution in [0.4, 0.5) is 11.6 Å². The molecular weight excluding hydrogens is 374 g/mol. The van der Waals surface area contributed by atoms with Crippen LogP contribution in [0.2, 0.25) is 0 Å². The zero-order chi connectivity index (χ0) is 20.8. The van der Waals surface area contributed by atoms with E-state index in [1.54, 1.807) is 58.4 Å². The second kappa shape index (κ2) is 9.01. The normalized spacial score (nSPS) is 11.4. The zero-order valence-electron chi connectivity index (χ0n) is 16.7. The van der Waals surface area contributed by atoms with Crippen LogP contribution in [0.25, 0.3) is 0 Å². The molecule has 0 spiro atoms. The Morgan fingerprint density at radius 2 is 1.72 bits per heavy atom. The fourth-order valence-electron chi connectivity index (χ4n) is 2.58. The molecule has 0 saturated heterocycles. The second-order valence-corrected chi connectivity index (χ2v) is 6.33. The van der Waals surface area contributed by atoms with Gasteiger partial charge in [-0.05, 0) is 50.2 Å². The third-order valence-electron chi connectivity index (χ3n) is 4.10. The average Bonchev–Trinajstić information content (AvgIpc) is 3.13. The number of ether oxygens (including phenoxy) is 3. The summed E-state index contributed by atoms with van der Waals surface area (Å²) in [5.41, 5.74) is 1.39. The molecule has 0 fully saturated rings. The lowest BCUT2D eigenvalue weighted by Crippen LogP contribution is -2.31. The molecule has 0 aliphatic heterocycles. The number of aromatic nitrogens is 1. The molecule has 29 heavy (non-hydrogen) atoms. The number of hydrogen-bond donors (Lipinski definition) is 2. The predicted octanol–water partition coefficient (Wildman–Crippen LogP) is 4.23. The Balaban J connectivity index is 1.70. The number of nitrogens with zero attached hydrogens (tertiary/aromatic N) is 1. The molecule has 0 bridgehead atoms. The molecule has 1 amide bonds. The molecule has 1 unspecified atom stereocenters. The maximum atomic E-state index is 12.4. The van der Waals surface area contributed by atoms with Gasteiger partial charge in [0, 0.05) is 17.8 Å². The van der Waals surface area contributed by atoms with Crippen molar-refractivity contribution < 1.29 is 23.5 Å². The standard InChI is InChI=1S/C21H23N3O5/c1-13-11-20(29-24-13)23-21(25)14(2)22-15-5-10-18(27-4)19(12-15)28-17-8-6-16(26-3)7-9-17/h5-12,14,22H,1-4H3,(H,23,25). The fourth-order valence-corrected chi connectivity index (χ4v) is 2.58. The highest BCUT2D eigenvalue weighted by molar-refractivity contribution is 5.95. The van der Waals surface area contributed by atoms with Gasteiger partial charge in [0.25, 0.3) is 0 Å². The highest BCUT2D eigenvalue weighted by Gasteiger charge is 2.16. The van der Waals surface area contributed by atoms with Crippen molar-refractivity contribution in [2.45, 2.75) is 19.9 Å². The molecule has 1 aromatic heterocycles. The molecule has 152 valence electrons. The van der Waals surface area contributed by atoms with Gasteiger partial charge in [-0.15, -0.1) is 0 Å². The Bertz CT molecular complexity index is 969. The number of carbonyl (C=O) groups excluding carboxylic acids is 1. The van der Waals surface area contributed by atoms with E-state index >= 15 is 0 Å². The van der Waals surface area contributed by atoms with Gasteiger partial charge in [-0.3, -0.25) is 10.1 Å². The predicted molar refractivity (Wildman–Crippen MR) is 109 cm³/mol. The first kappa shape index (κ1) is 20.1. The Morgan fingerprint density at radius 3 is 2.34 bits per heavy atom. The number of anilines is 2. The van der Waals surface area contributed by atoms with Crippen LogP contribution in [0.3, 0.4) is 0 Å². The number of methoxy groups -OCH3 is 2. The number of amides is 1. The molecule has 0 aliphatic rings. The SMILES string of the molecule is COc1ccc(Oc2cc(NC(C)C(=O)Nc3cc(C)no3)ccc2OC)cc1. The van der Waals surface area contributed by atoms with Gasteiger partial charge in [0.2, 0.25) is 11.8 Å². The number of benzene rings is 2. The number of aryl methyl sites for hydroxylation is 1. The van der Waals surface area contributed by atoms with E-state index in [1.165, 1.54) is 0 Å². The van der Waals surface area contributed by atoms with Crippen LogP contribution in [0.5, 0.6) is 23.0 Å². The third-order valence-corrected chi connectivity index (χ3v) is 4.10. The summed E-state index contributed by atoms with van der Waals surface area (Å²) < 4.78 is 21.5. The minimum absolute atomic E-state index is 0.255. The van der Waals surface area contributed by atoms with Crippen LogP contribution in [-0.2, 0) is 4.79 Å². The number of nitrogens with one attached hydrogen (secondary N) is 2. The lowest BCUT2D eigenvalue weighted by molar-refractivity contribution is -0.116. The number of hydrogen-bond acceptors (Lipinski definition) is 7. The summed E-state index contributed by atoms with van der Waals surface area (Å²) in [6.07, 6.45) is 0. The highest BCUT2D eigenvalue weighted by Crippen LogP contribution is 2.34. The summed E-state index contributed by atoms with van der Waals surface area (Å²) in [7, 11) is 3.17. The third kappa shape index (κ3) is 5.19. The van der Waals surface area contributed by atoms with Crippen molar-refractivity contribution in [2.75, 3.05) is 24.9 Å². The topological polar surface area (TPSA) is 94.9 Å². The Hall–Kier alpha value is -3.68. The summed E-state index contributed by atoms with van der Waals surface area (Å²) >= 11 is 0. The molecule has 3 rings (SSSR count). The van der Waals surface area contributed by atoms with Crippen LogP contribution < -0.4 is 24.8 Å². The summed E-state index contributed by atoms with van der Waals surface area (Å²) in [6.45, 7) is 3.52. The van der Waals surface area contributed by atoms with Crippen molar-refractivity contribution >= 4 is 17.5 Å². The van der Waals surface area contributed by atoms with Crippen molar-refractivity contribution in [1.29, 1.82) is 0 Å². The molecule has 2 N–H and O–H groups in total. The van der Waals surface area contributed by atoms with E-state index in [0.717, 1.165) is 5.75 Å². The van der Waals surface area contributed by atoms with Crippen LogP contribution >= 0.6 is 0 Å². The van der Waals surface area contributed by atoms with E-state index in [0.29, 0.717) is 34.5 Å². The van der Waals surface area contributed by atoms with E-state index in [9.17, 15) is 4.79 Å². The zero-order valence-corrected chi connectivity index (χ0v) is 16.7. The van der Waals surface area contributed by atoms with E-state index in [-0.39, 0.29) is 5.91 Å². The van der Waals surface area contributed by atoms with Gasteiger partial charge < -0.3 is 24.1 Å². The van der Waals surface area contributed by atoms with Gasteiger partial charge in [0.05, 0.1) is 19.9 Å². The molecule has 8 nitrogen and oxygen atoms in total. The van der Waals surface area contributed by atoms with Crippen molar-refractivity contribution in [3.8, 4) is 23.0 Å². The average molecular weight is 397 g/mol. The minimum Gasteiger partial charge on any atom is -0.497 e. The molecule has 1 atom stereocenters. The Morgan fingerprint density at radius 1 is 1.00 bits per heavy atom. The van der Waals surface area contributed by atoms with Gasteiger partial charge in [-0.1, -0.05) is 5.16 Å². The number of rotatable bonds is 8. The lowest BCUT2D eigenvalue weighted by Gasteiger charge is -2.16.